The van der Waals surface area contributed by atoms with Crippen molar-refractivity contribution in [3.05, 3.63) is 51.7 Å². The van der Waals surface area contributed by atoms with Crippen LogP contribution in [0.15, 0.2) is 34.6 Å². The van der Waals surface area contributed by atoms with Gasteiger partial charge in [0.1, 0.15) is 11.6 Å². The molecule has 26 heavy (non-hydrogen) atoms. The Morgan fingerprint density at radius 1 is 1.35 bits per heavy atom. The molecule has 1 aliphatic rings. The second-order valence-electron chi connectivity index (χ2n) is 6.12. The van der Waals surface area contributed by atoms with Gasteiger partial charge in [-0.2, -0.15) is 0 Å². The summed E-state index contributed by atoms with van der Waals surface area (Å²) in [5.74, 6) is -0.334. The molecule has 0 spiro atoms. The van der Waals surface area contributed by atoms with Gasteiger partial charge in [-0.05, 0) is 42.5 Å². The molecule has 2 heterocycles. The fraction of sp³-hybridized carbons (Fsp3) is 0.389. The first-order valence-electron chi connectivity index (χ1n) is 8.27. The van der Waals surface area contributed by atoms with Crippen LogP contribution in [0.25, 0.3) is 0 Å². The van der Waals surface area contributed by atoms with Gasteiger partial charge in [0.15, 0.2) is 5.96 Å². The molecule has 1 atom stereocenters. The number of hydrogen-bond donors (Lipinski definition) is 2. The highest BCUT2D eigenvalue weighted by molar-refractivity contribution is 14.0. The number of hydrogen-bond acceptors (Lipinski definition) is 3. The van der Waals surface area contributed by atoms with Gasteiger partial charge in [0, 0.05) is 37.1 Å². The van der Waals surface area contributed by atoms with Crippen molar-refractivity contribution in [3.8, 4) is 0 Å². The first-order chi connectivity index (χ1) is 12.1. The Bertz CT molecular complexity index is 765. The Morgan fingerprint density at radius 2 is 2.15 bits per heavy atom. The summed E-state index contributed by atoms with van der Waals surface area (Å²) in [6.07, 6.45) is 0.871. The average molecular weight is 492 g/mol. The lowest BCUT2D eigenvalue weighted by atomic mass is 10.2. The molecule has 0 bridgehead atoms. The molecule has 3 rings (SSSR count). The fourth-order valence-corrected chi connectivity index (χ4v) is 3.82. The fourth-order valence-electron chi connectivity index (χ4n) is 2.97. The molecule has 0 aliphatic carbocycles. The molecule has 8 heteroatoms. The zero-order chi connectivity index (χ0) is 17.8. The molecule has 4 nitrogen and oxygen atoms in total. The molecular formula is C18H23F2IN4S. The van der Waals surface area contributed by atoms with Crippen LogP contribution < -0.4 is 15.5 Å². The second-order valence-corrected chi connectivity index (χ2v) is 7.12. The number of aryl methyl sites for hydroxylation is 1. The number of halogens is 3. The van der Waals surface area contributed by atoms with Crippen molar-refractivity contribution in [3.63, 3.8) is 0 Å². The highest BCUT2D eigenvalue weighted by atomic mass is 127. The molecule has 0 saturated carbocycles. The number of anilines is 1. The second kappa shape index (κ2) is 9.50. The Kier molecular flexibility index (Phi) is 7.63. The van der Waals surface area contributed by atoms with Crippen molar-refractivity contribution in [2.75, 3.05) is 25.0 Å². The van der Waals surface area contributed by atoms with Gasteiger partial charge in [0.05, 0.1) is 12.2 Å². The summed E-state index contributed by atoms with van der Waals surface area (Å²) >= 11 is 1.72. The van der Waals surface area contributed by atoms with Crippen LogP contribution >= 0.6 is 35.3 Å². The van der Waals surface area contributed by atoms with Gasteiger partial charge < -0.3 is 15.5 Å². The van der Waals surface area contributed by atoms with Crippen LogP contribution in [-0.4, -0.2) is 32.1 Å². The van der Waals surface area contributed by atoms with E-state index < -0.39 is 11.6 Å². The summed E-state index contributed by atoms with van der Waals surface area (Å²) < 4.78 is 27.0. The molecule has 1 saturated heterocycles. The zero-order valence-electron chi connectivity index (χ0n) is 14.8. The maximum atomic E-state index is 13.9. The molecule has 2 N–H and O–H groups in total. The number of nitrogens with one attached hydrogen (secondary N) is 2. The van der Waals surface area contributed by atoms with E-state index in [0.29, 0.717) is 12.2 Å². The predicted molar refractivity (Wildman–Crippen MR) is 115 cm³/mol. The summed E-state index contributed by atoms with van der Waals surface area (Å²) in [5.41, 5.74) is 1.72. The monoisotopic (exact) mass is 492 g/mol. The normalized spacial score (nSPS) is 17.2. The molecular weight excluding hydrogens is 469 g/mol. The molecule has 2 aromatic rings. The largest absolute Gasteiger partial charge is 0.367 e. The van der Waals surface area contributed by atoms with Crippen molar-refractivity contribution in [1.29, 1.82) is 0 Å². The maximum Gasteiger partial charge on any atom is 0.191 e. The number of rotatable bonds is 4. The standard InChI is InChI=1S/C18H22F2N4S.HI/c1-12-6-8-25-17(12)10-22-18(21-2)23-14-5-7-24(11-14)16-4-3-13(19)9-15(16)20;/h3-4,6,8-9,14H,5,7,10-11H2,1-2H3,(H2,21,22,23);1H. The molecule has 0 radical (unpaired) electrons. The number of thiophene rings is 1. The average Bonchev–Trinajstić information content (AvgIpc) is 3.20. The minimum absolute atomic E-state index is 0. The van der Waals surface area contributed by atoms with Gasteiger partial charge >= 0.3 is 0 Å². The Morgan fingerprint density at radius 3 is 2.81 bits per heavy atom. The van der Waals surface area contributed by atoms with E-state index in [1.165, 1.54) is 22.6 Å². The van der Waals surface area contributed by atoms with Gasteiger partial charge in [0.2, 0.25) is 0 Å². The van der Waals surface area contributed by atoms with Crippen molar-refractivity contribution in [1.82, 2.24) is 10.6 Å². The number of guanidine groups is 1. The van der Waals surface area contributed by atoms with Crippen LogP contribution in [0.2, 0.25) is 0 Å². The van der Waals surface area contributed by atoms with E-state index in [9.17, 15) is 8.78 Å². The number of nitrogens with zero attached hydrogens (tertiary/aromatic N) is 2. The topological polar surface area (TPSA) is 39.7 Å². The highest BCUT2D eigenvalue weighted by Crippen LogP contribution is 2.24. The van der Waals surface area contributed by atoms with Crippen LogP contribution in [0.4, 0.5) is 14.5 Å². The summed E-state index contributed by atoms with van der Waals surface area (Å²) in [6.45, 7) is 4.20. The molecule has 142 valence electrons. The first kappa shape index (κ1) is 20.9. The van der Waals surface area contributed by atoms with Crippen LogP contribution in [0, 0.1) is 18.6 Å². The van der Waals surface area contributed by atoms with Crippen LogP contribution in [-0.2, 0) is 6.54 Å². The van der Waals surface area contributed by atoms with Gasteiger partial charge in [0.25, 0.3) is 0 Å². The zero-order valence-corrected chi connectivity index (χ0v) is 17.9. The predicted octanol–water partition coefficient (Wildman–Crippen LogP) is 3.90. The molecule has 1 unspecified atom stereocenters. The van der Waals surface area contributed by atoms with Crippen molar-refractivity contribution in [2.24, 2.45) is 4.99 Å². The van der Waals surface area contributed by atoms with E-state index in [0.717, 1.165) is 31.5 Å². The molecule has 1 aliphatic heterocycles. The summed E-state index contributed by atoms with van der Waals surface area (Å²) in [5, 5.41) is 8.78. The maximum absolute atomic E-state index is 13.9. The smallest absolute Gasteiger partial charge is 0.191 e. The third-order valence-electron chi connectivity index (χ3n) is 4.39. The lowest BCUT2D eigenvalue weighted by molar-refractivity contribution is 0.580. The van der Waals surface area contributed by atoms with Crippen molar-refractivity contribution < 1.29 is 8.78 Å². The minimum Gasteiger partial charge on any atom is -0.367 e. The third kappa shape index (κ3) is 5.06. The van der Waals surface area contributed by atoms with E-state index in [1.54, 1.807) is 18.4 Å². The van der Waals surface area contributed by atoms with Crippen LogP contribution in [0.3, 0.4) is 0 Å². The first-order valence-corrected chi connectivity index (χ1v) is 9.15. The van der Waals surface area contributed by atoms with Gasteiger partial charge in [-0.1, -0.05) is 0 Å². The van der Waals surface area contributed by atoms with Crippen LogP contribution in [0.1, 0.15) is 16.9 Å². The lowest BCUT2D eigenvalue weighted by Crippen LogP contribution is -2.44. The third-order valence-corrected chi connectivity index (χ3v) is 5.41. The van der Waals surface area contributed by atoms with Gasteiger partial charge in [-0.15, -0.1) is 35.3 Å². The Balaban J connectivity index is 0.00000243. The summed E-state index contributed by atoms with van der Waals surface area (Å²) in [4.78, 5) is 7.48. The highest BCUT2D eigenvalue weighted by Gasteiger charge is 2.25. The molecule has 1 aromatic heterocycles. The van der Waals surface area contributed by atoms with Crippen molar-refractivity contribution >= 4 is 47.0 Å². The van der Waals surface area contributed by atoms with E-state index in [4.69, 9.17) is 0 Å². The molecule has 1 fully saturated rings. The van der Waals surface area contributed by atoms with Crippen molar-refractivity contribution in [2.45, 2.75) is 25.9 Å². The SMILES string of the molecule is CN=C(NCc1sccc1C)NC1CCN(c2ccc(F)cc2F)C1.I. The Hall–Kier alpha value is -1.42. The summed E-state index contributed by atoms with van der Waals surface area (Å²) in [6, 6.07) is 5.99. The van der Waals surface area contributed by atoms with Gasteiger partial charge in [-0.25, -0.2) is 8.78 Å². The Labute approximate surface area is 173 Å². The minimum atomic E-state index is -0.552. The van der Waals surface area contributed by atoms with E-state index in [2.05, 4.69) is 34.0 Å². The molecule has 0 amide bonds. The quantitative estimate of drug-likeness (QED) is 0.387. The summed E-state index contributed by atoms with van der Waals surface area (Å²) in [7, 11) is 1.74. The van der Waals surface area contributed by atoms with E-state index >= 15 is 0 Å². The van der Waals surface area contributed by atoms with E-state index in [1.807, 2.05) is 4.90 Å². The van der Waals surface area contributed by atoms with Crippen LogP contribution in [0.5, 0.6) is 0 Å². The lowest BCUT2D eigenvalue weighted by Gasteiger charge is -2.21. The van der Waals surface area contributed by atoms with E-state index in [-0.39, 0.29) is 30.0 Å². The number of aliphatic imine (C=N–C) groups is 1. The molecule has 1 aromatic carbocycles. The number of benzene rings is 1. The van der Waals surface area contributed by atoms with Gasteiger partial charge in [-0.3, -0.25) is 4.99 Å².